The number of methoxy groups -OCH3 is 1. The average molecular weight is 326 g/mol. The maximum Gasteiger partial charge on any atom is 0.315 e. The quantitative estimate of drug-likeness (QED) is 0.764. The van der Waals surface area contributed by atoms with Crippen molar-refractivity contribution in [1.29, 1.82) is 0 Å². The Morgan fingerprint density at radius 1 is 1.21 bits per heavy atom. The lowest BCUT2D eigenvalue weighted by atomic mass is 10.1. The predicted octanol–water partition coefficient (Wildman–Crippen LogP) is 2.58. The van der Waals surface area contributed by atoms with Crippen LogP contribution in [0.5, 0.6) is 5.75 Å². The number of amides is 2. The van der Waals surface area contributed by atoms with Gasteiger partial charge in [-0.3, -0.25) is 0 Å². The third-order valence-electron chi connectivity index (χ3n) is 4.34. The van der Waals surface area contributed by atoms with E-state index < -0.39 is 6.04 Å². The van der Waals surface area contributed by atoms with Crippen LogP contribution in [-0.4, -0.2) is 30.9 Å². The Morgan fingerprint density at radius 2 is 1.92 bits per heavy atom. The van der Waals surface area contributed by atoms with Crippen molar-refractivity contribution in [3.8, 4) is 5.75 Å². The van der Waals surface area contributed by atoms with Crippen molar-refractivity contribution in [2.45, 2.75) is 24.4 Å². The molecule has 0 spiro atoms. The highest BCUT2D eigenvalue weighted by molar-refractivity contribution is 5.75. The van der Waals surface area contributed by atoms with E-state index >= 15 is 0 Å². The monoisotopic (exact) mass is 326 g/mol. The molecule has 1 aliphatic carbocycles. The summed E-state index contributed by atoms with van der Waals surface area (Å²) in [5, 5.41) is 15.3. The lowest BCUT2D eigenvalue weighted by molar-refractivity contribution is 0.216. The van der Waals surface area contributed by atoms with Crippen LogP contribution in [-0.2, 0) is 0 Å². The van der Waals surface area contributed by atoms with Crippen LogP contribution in [0.3, 0.4) is 0 Å². The molecule has 0 unspecified atom stereocenters. The van der Waals surface area contributed by atoms with Gasteiger partial charge in [0.2, 0.25) is 0 Å². The number of aliphatic hydroxyl groups excluding tert-OH is 1. The van der Waals surface area contributed by atoms with E-state index in [1.165, 1.54) is 0 Å². The topological polar surface area (TPSA) is 70.6 Å². The normalized spacial score (nSPS) is 20.1. The summed E-state index contributed by atoms with van der Waals surface area (Å²) in [4.78, 5) is 12.2. The van der Waals surface area contributed by atoms with Crippen LogP contribution in [0.25, 0.3) is 0 Å². The first-order valence-corrected chi connectivity index (χ1v) is 8.08. The Bertz CT molecular complexity index is 690. The van der Waals surface area contributed by atoms with Crippen molar-refractivity contribution in [2.75, 3.05) is 13.7 Å². The van der Waals surface area contributed by atoms with Crippen LogP contribution in [0.1, 0.15) is 29.5 Å². The second-order valence-corrected chi connectivity index (χ2v) is 5.95. The van der Waals surface area contributed by atoms with Crippen LogP contribution in [0.15, 0.2) is 54.6 Å². The minimum Gasteiger partial charge on any atom is -0.496 e. The predicted molar refractivity (Wildman–Crippen MR) is 92.1 cm³/mol. The molecule has 5 nitrogen and oxygen atoms in total. The zero-order valence-corrected chi connectivity index (χ0v) is 13.6. The lowest BCUT2D eigenvalue weighted by Gasteiger charge is -2.17. The van der Waals surface area contributed by atoms with Gasteiger partial charge in [-0.25, -0.2) is 4.79 Å². The summed E-state index contributed by atoms with van der Waals surface area (Å²) in [5.74, 6) is 1.13. The summed E-state index contributed by atoms with van der Waals surface area (Å²) in [7, 11) is 1.65. The molecule has 2 aromatic rings. The maximum atomic E-state index is 12.2. The van der Waals surface area contributed by atoms with Crippen LogP contribution in [0, 0.1) is 0 Å². The van der Waals surface area contributed by atoms with Crippen LogP contribution >= 0.6 is 0 Å². The first-order chi connectivity index (χ1) is 11.7. The highest BCUT2D eigenvalue weighted by Gasteiger charge is 2.41. The smallest absolute Gasteiger partial charge is 0.315 e. The molecule has 1 fully saturated rings. The number of carbonyl (C=O) groups excluding carboxylic acids is 1. The Hall–Kier alpha value is -2.53. The number of hydrogen-bond acceptors (Lipinski definition) is 3. The number of benzene rings is 2. The van der Waals surface area contributed by atoms with Crippen molar-refractivity contribution in [3.63, 3.8) is 0 Å². The fourth-order valence-corrected chi connectivity index (χ4v) is 2.96. The van der Waals surface area contributed by atoms with E-state index in [0.29, 0.717) is 0 Å². The van der Waals surface area contributed by atoms with Gasteiger partial charge < -0.3 is 20.5 Å². The summed E-state index contributed by atoms with van der Waals surface area (Å²) < 4.78 is 5.38. The Balaban J connectivity index is 1.57. The standard InChI is InChI=1S/C19H22N2O3/c1-24-18-10-6-5-9-14(18)15-11-16(15)20-19(23)21-17(12-22)13-7-3-2-4-8-13/h2-10,15-17,22H,11-12H2,1H3,(H2,20,21,23)/t15-,16-,17-/m0/s1. The fraction of sp³-hybridized carbons (Fsp3) is 0.316. The van der Waals surface area contributed by atoms with Gasteiger partial charge in [-0.1, -0.05) is 48.5 Å². The summed E-state index contributed by atoms with van der Waals surface area (Å²) >= 11 is 0. The lowest BCUT2D eigenvalue weighted by Crippen LogP contribution is -2.40. The molecular formula is C19H22N2O3. The third-order valence-corrected chi connectivity index (χ3v) is 4.34. The molecule has 2 amide bonds. The first kappa shape index (κ1) is 16.3. The molecule has 3 N–H and O–H groups in total. The van der Waals surface area contributed by atoms with Crippen molar-refractivity contribution in [1.82, 2.24) is 10.6 Å². The Morgan fingerprint density at radius 3 is 2.62 bits per heavy atom. The number of carbonyl (C=O) groups is 1. The van der Waals surface area contributed by atoms with E-state index in [2.05, 4.69) is 10.6 Å². The number of para-hydroxylation sites is 1. The van der Waals surface area contributed by atoms with Gasteiger partial charge in [0.1, 0.15) is 5.75 Å². The molecule has 2 aromatic carbocycles. The summed E-state index contributed by atoms with van der Waals surface area (Å²) in [6.45, 7) is -0.141. The molecular weight excluding hydrogens is 304 g/mol. The van der Waals surface area contributed by atoms with E-state index in [4.69, 9.17) is 4.74 Å². The van der Waals surface area contributed by atoms with Crippen LogP contribution < -0.4 is 15.4 Å². The van der Waals surface area contributed by atoms with E-state index in [9.17, 15) is 9.90 Å². The maximum absolute atomic E-state index is 12.2. The molecule has 0 bridgehead atoms. The van der Waals surface area contributed by atoms with Gasteiger partial charge in [-0.05, 0) is 23.6 Å². The molecule has 5 heteroatoms. The van der Waals surface area contributed by atoms with Gasteiger partial charge in [-0.15, -0.1) is 0 Å². The molecule has 3 atom stereocenters. The molecule has 0 saturated heterocycles. The van der Waals surface area contributed by atoms with Crippen LogP contribution in [0.2, 0.25) is 0 Å². The van der Waals surface area contributed by atoms with Gasteiger partial charge in [0.15, 0.2) is 0 Å². The van der Waals surface area contributed by atoms with Crippen LogP contribution in [0.4, 0.5) is 4.79 Å². The molecule has 1 saturated carbocycles. The zero-order chi connectivity index (χ0) is 16.9. The number of rotatable bonds is 6. The highest BCUT2D eigenvalue weighted by Crippen LogP contribution is 2.44. The SMILES string of the molecule is COc1ccccc1[C@@H]1C[C@@H]1NC(=O)N[C@@H](CO)c1ccccc1. The van der Waals surface area contributed by atoms with E-state index in [-0.39, 0.29) is 24.6 Å². The van der Waals surface area contributed by atoms with E-state index in [1.54, 1.807) is 7.11 Å². The Kier molecular flexibility index (Phi) is 5.01. The van der Waals surface area contributed by atoms with Gasteiger partial charge in [0, 0.05) is 12.0 Å². The molecule has 0 radical (unpaired) electrons. The molecule has 0 aromatic heterocycles. The average Bonchev–Trinajstić information content (AvgIpc) is 3.39. The molecule has 0 heterocycles. The fourth-order valence-electron chi connectivity index (χ4n) is 2.96. The zero-order valence-electron chi connectivity index (χ0n) is 13.6. The van der Waals surface area contributed by atoms with Crippen molar-refractivity contribution in [2.24, 2.45) is 0 Å². The summed E-state index contributed by atoms with van der Waals surface area (Å²) in [6.07, 6.45) is 0.892. The minimum absolute atomic E-state index is 0.0939. The van der Waals surface area contributed by atoms with Gasteiger partial charge in [-0.2, -0.15) is 0 Å². The minimum atomic E-state index is -0.408. The molecule has 3 rings (SSSR count). The number of ether oxygens (including phenoxy) is 1. The second kappa shape index (κ2) is 7.36. The number of nitrogens with one attached hydrogen (secondary N) is 2. The molecule has 126 valence electrons. The first-order valence-electron chi connectivity index (χ1n) is 8.08. The van der Waals surface area contributed by atoms with Crippen molar-refractivity contribution < 1.29 is 14.6 Å². The van der Waals surface area contributed by atoms with E-state index in [0.717, 1.165) is 23.3 Å². The third kappa shape index (κ3) is 3.68. The molecule has 1 aliphatic rings. The second-order valence-electron chi connectivity index (χ2n) is 5.95. The van der Waals surface area contributed by atoms with Gasteiger partial charge in [0.25, 0.3) is 0 Å². The number of aliphatic hydroxyl groups is 1. The summed E-state index contributed by atoms with van der Waals surface area (Å²) in [5.41, 5.74) is 2.00. The number of urea groups is 1. The molecule has 0 aliphatic heterocycles. The van der Waals surface area contributed by atoms with Crippen molar-refractivity contribution in [3.05, 3.63) is 65.7 Å². The number of hydrogen-bond donors (Lipinski definition) is 3. The van der Waals surface area contributed by atoms with Crippen molar-refractivity contribution >= 4 is 6.03 Å². The largest absolute Gasteiger partial charge is 0.496 e. The van der Waals surface area contributed by atoms with Gasteiger partial charge in [0.05, 0.1) is 19.8 Å². The summed E-state index contributed by atoms with van der Waals surface area (Å²) in [6, 6.07) is 16.7. The molecule has 24 heavy (non-hydrogen) atoms. The highest BCUT2D eigenvalue weighted by atomic mass is 16.5. The van der Waals surface area contributed by atoms with E-state index in [1.807, 2.05) is 54.6 Å². The van der Waals surface area contributed by atoms with Gasteiger partial charge >= 0.3 is 6.03 Å². The Labute approximate surface area is 141 Å².